The lowest BCUT2D eigenvalue weighted by Crippen LogP contribution is -2.50. The molecule has 1 heterocycles. The summed E-state index contributed by atoms with van der Waals surface area (Å²) in [6, 6.07) is 0. The topological polar surface area (TPSA) is 91.8 Å². The molecular formula is C8H19N4O4+. The van der Waals surface area contributed by atoms with Crippen LogP contribution in [-0.2, 0) is 4.74 Å². The van der Waals surface area contributed by atoms with Crippen LogP contribution in [0, 0.1) is 0 Å². The van der Waals surface area contributed by atoms with Crippen molar-refractivity contribution in [3.8, 4) is 0 Å². The van der Waals surface area contributed by atoms with E-state index in [1.807, 2.05) is 0 Å². The van der Waals surface area contributed by atoms with Crippen molar-refractivity contribution in [2.45, 2.75) is 0 Å². The van der Waals surface area contributed by atoms with E-state index in [1.165, 1.54) is 5.01 Å². The Labute approximate surface area is 93.8 Å². The molecule has 8 nitrogen and oxygen atoms in total. The Bertz CT molecular complexity index is 218. The maximum atomic E-state index is 9.09. The monoisotopic (exact) mass is 235 g/mol. The summed E-state index contributed by atoms with van der Waals surface area (Å²) in [5, 5.41) is 30.2. The average molecular weight is 235 g/mol. The first-order valence-corrected chi connectivity index (χ1v) is 5.27. The van der Waals surface area contributed by atoms with Gasteiger partial charge in [-0.05, 0) is 0 Å². The van der Waals surface area contributed by atoms with E-state index in [4.69, 9.17) is 20.3 Å². The molecule has 1 aliphatic rings. The van der Waals surface area contributed by atoms with Gasteiger partial charge in [-0.25, -0.2) is 5.21 Å². The highest BCUT2D eigenvalue weighted by Gasteiger charge is 2.25. The Morgan fingerprint density at radius 1 is 1.19 bits per heavy atom. The quantitative estimate of drug-likeness (QED) is 0.231. The molecule has 0 aliphatic carbocycles. The molecule has 8 heteroatoms. The SMILES string of the molecule is OCCOCCN1CCN(/[N+](O)=N/O)CC1. The first kappa shape index (κ1) is 12.9. The van der Waals surface area contributed by atoms with Crippen LogP contribution in [0.25, 0.3) is 0 Å². The van der Waals surface area contributed by atoms with E-state index < -0.39 is 0 Å². The number of aliphatic hydroxyl groups excluding tert-OH is 1. The molecule has 3 N–H and O–H groups in total. The molecular weight excluding hydrogens is 216 g/mol. The van der Waals surface area contributed by atoms with Crippen LogP contribution in [0.5, 0.6) is 0 Å². The van der Waals surface area contributed by atoms with E-state index in [0.29, 0.717) is 31.3 Å². The van der Waals surface area contributed by atoms with Gasteiger partial charge in [-0.3, -0.25) is 4.90 Å². The highest BCUT2D eigenvalue weighted by Crippen LogP contribution is 2.01. The molecule has 16 heavy (non-hydrogen) atoms. The number of hydrogen-bond acceptors (Lipinski definition) is 4. The molecule has 0 aromatic rings. The molecule has 1 fully saturated rings. The number of rotatable bonds is 6. The van der Waals surface area contributed by atoms with Gasteiger partial charge in [-0.1, -0.05) is 0 Å². The van der Waals surface area contributed by atoms with Crippen LogP contribution < -0.4 is 0 Å². The summed E-state index contributed by atoms with van der Waals surface area (Å²) >= 11 is 0. The Hall–Kier alpha value is -1.12. The molecule has 0 spiro atoms. The van der Waals surface area contributed by atoms with E-state index in [2.05, 4.69) is 10.2 Å². The summed E-state index contributed by atoms with van der Waals surface area (Å²) in [6.45, 7) is 4.55. The maximum Gasteiger partial charge on any atom is 0.271 e. The van der Waals surface area contributed by atoms with Crippen molar-refractivity contribution < 1.29 is 25.2 Å². The maximum absolute atomic E-state index is 9.09. The average Bonchev–Trinajstić information content (AvgIpc) is 2.34. The van der Waals surface area contributed by atoms with Gasteiger partial charge in [0.2, 0.25) is 0 Å². The molecule has 0 amide bonds. The fourth-order valence-electron chi connectivity index (χ4n) is 1.56. The van der Waals surface area contributed by atoms with Crippen molar-refractivity contribution in [1.29, 1.82) is 0 Å². The molecule has 1 rings (SSSR count). The molecule has 1 saturated heterocycles. The standard InChI is InChI=1S/C8H18N4O4/c13-6-8-16-7-5-10-1-3-11(4-2-10)12(15)9-14/h13,15H,1-8H2/p+1. The fourth-order valence-corrected chi connectivity index (χ4v) is 1.56. The number of ether oxygens (including phenoxy) is 1. The van der Waals surface area contributed by atoms with Gasteiger partial charge in [0, 0.05) is 19.6 Å². The summed E-state index contributed by atoms with van der Waals surface area (Å²) in [6.07, 6.45) is 0. The summed E-state index contributed by atoms with van der Waals surface area (Å²) in [4.78, 5) is 2.64. The van der Waals surface area contributed by atoms with Crippen molar-refractivity contribution in [2.75, 3.05) is 52.5 Å². The number of nitrogens with zero attached hydrogens (tertiary/aromatic N) is 4. The van der Waals surface area contributed by atoms with Crippen molar-refractivity contribution in [3.05, 3.63) is 0 Å². The Balaban J connectivity index is 2.12. The zero-order chi connectivity index (χ0) is 11.8. The van der Waals surface area contributed by atoms with Gasteiger partial charge in [0.05, 0.1) is 32.9 Å². The summed E-state index contributed by atoms with van der Waals surface area (Å²) in [7, 11) is 0. The van der Waals surface area contributed by atoms with Crippen LogP contribution in [0.4, 0.5) is 0 Å². The zero-order valence-corrected chi connectivity index (χ0v) is 9.20. The van der Waals surface area contributed by atoms with Gasteiger partial charge in [0.1, 0.15) is 0 Å². The Morgan fingerprint density at radius 3 is 2.44 bits per heavy atom. The normalized spacial score (nSPS) is 19.1. The second kappa shape index (κ2) is 7.20. The molecule has 0 atom stereocenters. The van der Waals surface area contributed by atoms with E-state index >= 15 is 0 Å². The molecule has 0 bridgehead atoms. The third kappa shape index (κ3) is 4.17. The minimum absolute atomic E-state index is 0.0469. The lowest BCUT2D eigenvalue weighted by molar-refractivity contribution is -0.941. The van der Waals surface area contributed by atoms with Crippen molar-refractivity contribution in [2.24, 2.45) is 5.28 Å². The lowest BCUT2D eigenvalue weighted by Gasteiger charge is -2.28. The molecule has 0 aromatic heterocycles. The van der Waals surface area contributed by atoms with Crippen LogP contribution in [0.15, 0.2) is 5.28 Å². The number of aliphatic hydroxyl groups is 1. The van der Waals surface area contributed by atoms with Gasteiger partial charge in [0.25, 0.3) is 10.2 Å². The summed E-state index contributed by atoms with van der Waals surface area (Å²) in [5.41, 5.74) is 0. The Kier molecular flexibility index (Phi) is 5.83. The van der Waals surface area contributed by atoms with E-state index in [1.54, 1.807) is 0 Å². The van der Waals surface area contributed by atoms with E-state index in [9.17, 15) is 0 Å². The smallest absolute Gasteiger partial charge is 0.271 e. The van der Waals surface area contributed by atoms with Gasteiger partial charge < -0.3 is 15.1 Å². The first-order valence-electron chi connectivity index (χ1n) is 5.27. The third-order valence-electron chi connectivity index (χ3n) is 2.47. The molecule has 0 unspecified atom stereocenters. The van der Waals surface area contributed by atoms with Crippen LogP contribution in [0.1, 0.15) is 0 Å². The third-order valence-corrected chi connectivity index (χ3v) is 2.47. The number of piperazine rings is 1. The molecule has 1 aliphatic heterocycles. The largest absolute Gasteiger partial charge is 0.394 e. The zero-order valence-electron chi connectivity index (χ0n) is 9.20. The van der Waals surface area contributed by atoms with Crippen LogP contribution in [-0.4, -0.2) is 82.9 Å². The molecule has 0 radical (unpaired) electrons. The second-order valence-electron chi connectivity index (χ2n) is 3.49. The molecule has 0 saturated carbocycles. The van der Waals surface area contributed by atoms with Crippen molar-refractivity contribution in [3.63, 3.8) is 0 Å². The van der Waals surface area contributed by atoms with Crippen molar-refractivity contribution in [1.82, 2.24) is 9.91 Å². The van der Waals surface area contributed by atoms with Crippen LogP contribution in [0.2, 0.25) is 0 Å². The number of hydrazine groups is 1. The lowest BCUT2D eigenvalue weighted by atomic mass is 10.3. The Morgan fingerprint density at radius 2 is 1.88 bits per heavy atom. The highest BCUT2D eigenvalue weighted by atomic mass is 16.6. The summed E-state index contributed by atoms with van der Waals surface area (Å²) in [5.74, 6) is 0. The molecule has 0 aromatic carbocycles. The van der Waals surface area contributed by atoms with Crippen LogP contribution in [0.3, 0.4) is 0 Å². The van der Waals surface area contributed by atoms with Crippen molar-refractivity contribution >= 4 is 0 Å². The van der Waals surface area contributed by atoms with Gasteiger partial charge in [-0.15, -0.1) is 5.01 Å². The second-order valence-corrected chi connectivity index (χ2v) is 3.49. The molecule has 94 valence electrons. The highest BCUT2D eigenvalue weighted by molar-refractivity contribution is 4.66. The van der Waals surface area contributed by atoms with E-state index in [0.717, 1.165) is 19.6 Å². The summed E-state index contributed by atoms with van der Waals surface area (Å²) < 4.78 is 5.16. The minimum atomic E-state index is 0.0469. The van der Waals surface area contributed by atoms with E-state index in [-0.39, 0.29) is 6.61 Å². The fraction of sp³-hybridized carbons (Fsp3) is 1.00. The first-order chi connectivity index (χ1) is 7.77. The minimum Gasteiger partial charge on any atom is -0.394 e. The van der Waals surface area contributed by atoms with Gasteiger partial charge >= 0.3 is 0 Å². The van der Waals surface area contributed by atoms with Gasteiger partial charge in [-0.2, -0.15) is 0 Å². The van der Waals surface area contributed by atoms with Crippen LogP contribution >= 0.6 is 0 Å². The predicted molar refractivity (Wildman–Crippen MR) is 52.2 cm³/mol. The number of hydrogen-bond donors (Lipinski definition) is 3. The predicted octanol–water partition coefficient (Wildman–Crippen LogP) is -1.23. The van der Waals surface area contributed by atoms with Gasteiger partial charge in [0.15, 0.2) is 0 Å².